The second-order valence-corrected chi connectivity index (χ2v) is 6.90. The van der Waals surface area contributed by atoms with Crippen molar-refractivity contribution in [3.8, 4) is 0 Å². The second kappa shape index (κ2) is 19.3. The highest BCUT2D eigenvalue weighted by Crippen LogP contribution is 2.08. The van der Waals surface area contributed by atoms with Gasteiger partial charge < -0.3 is 0 Å². The summed E-state index contributed by atoms with van der Waals surface area (Å²) in [5.41, 5.74) is 0. The van der Waals surface area contributed by atoms with E-state index in [4.69, 9.17) is 11.6 Å². The second-order valence-electron chi connectivity index (χ2n) is 6.15. The molecule has 1 unspecified atom stereocenters. The molecule has 0 rings (SSSR count). The van der Waals surface area contributed by atoms with Gasteiger partial charge in [0.1, 0.15) is 0 Å². The van der Waals surface area contributed by atoms with E-state index in [2.05, 4.69) is 62.5 Å². The quantitative estimate of drug-likeness (QED) is 0.161. The summed E-state index contributed by atoms with van der Waals surface area (Å²) in [6.07, 6.45) is 31.4. The maximum atomic E-state index is 5.92. The zero-order chi connectivity index (χ0) is 17.0. The van der Waals surface area contributed by atoms with Crippen LogP contribution >= 0.6 is 11.6 Å². The van der Waals surface area contributed by atoms with Crippen LogP contribution in [-0.4, -0.2) is 5.38 Å². The van der Waals surface area contributed by atoms with Gasteiger partial charge in [-0.2, -0.15) is 0 Å². The van der Waals surface area contributed by atoms with Crippen molar-refractivity contribution >= 4 is 11.6 Å². The summed E-state index contributed by atoms with van der Waals surface area (Å²) in [4.78, 5) is 0. The summed E-state index contributed by atoms with van der Waals surface area (Å²) in [7, 11) is 0. The third kappa shape index (κ3) is 21.2. The lowest BCUT2D eigenvalue weighted by molar-refractivity contribution is 0.679. The largest absolute Gasteiger partial charge is 0.123 e. The molecule has 0 spiro atoms. The average Bonchev–Trinajstić information content (AvgIpc) is 2.53. The molecule has 0 aliphatic heterocycles. The molecule has 0 aliphatic carbocycles. The fourth-order valence-corrected chi connectivity index (χ4v) is 2.40. The van der Waals surface area contributed by atoms with E-state index in [1.165, 1.54) is 44.9 Å². The Morgan fingerprint density at radius 2 is 1.09 bits per heavy atom. The van der Waals surface area contributed by atoms with E-state index in [0.29, 0.717) is 5.38 Å². The van der Waals surface area contributed by atoms with E-state index in [1.54, 1.807) is 0 Å². The van der Waals surface area contributed by atoms with Gasteiger partial charge in [-0.15, -0.1) is 11.6 Å². The molecule has 0 aromatic heterocycles. The van der Waals surface area contributed by atoms with Crippen LogP contribution in [0.25, 0.3) is 0 Å². The fraction of sp³-hybridized carbons (Fsp3) is 0.636. The summed E-state index contributed by atoms with van der Waals surface area (Å²) in [5, 5.41) is 0.325. The summed E-state index contributed by atoms with van der Waals surface area (Å²) in [5.74, 6) is 0. The smallest absolute Gasteiger partial charge is 0.0307 e. The van der Waals surface area contributed by atoms with E-state index in [0.717, 1.165) is 25.7 Å². The first-order chi connectivity index (χ1) is 11.3. The first kappa shape index (κ1) is 22.2. The van der Waals surface area contributed by atoms with Gasteiger partial charge in [0.25, 0.3) is 0 Å². The summed E-state index contributed by atoms with van der Waals surface area (Å²) in [6, 6.07) is 0. The number of allylic oxidation sites excluding steroid dienone is 8. The maximum absolute atomic E-state index is 5.92. The molecule has 23 heavy (non-hydrogen) atoms. The zero-order valence-corrected chi connectivity index (χ0v) is 16.1. The number of hydrogen-bond acceptors (Lipinski definition) is 0. The van der Waals surface area contributed by atoms with Crippen molar-refractivity contribution in [3.63, 3.8) is 0 Å². The SMILES string of the molecule is CCCCC/C=C\C/C=C\C/C=C\C/C=C\CCCCC(C)Cl. The molecule has 0 N–H and O–H groups in total. The normalized spacial score (nSPS) is 14.0. The highest BCUT2D eigenvalue weighted by molar-refractivity contribution is 6.20. The molecule has 0 aromatic carbocycles. The van der Waals surface area contributed by atoms with Gasteiger partial charge in [0.2, 0.25) is 0 Å². The molecule has 1 atom stereocenters. The van der Waals surface area contributed by atoms with Gasteiger partial charge in [-0.1, -0.05) is 74.8 Å². The molecule has 0 amide bonds. The van der Waals surface area contributed by atoms with Crippen molar-refractivity contribution in [1.29, 1.82) is 0 Å². The van der Waals surface area contributed by atoms with Crippen molar-refractivity contribution in [2.24, 2.45) is 0 Å². The van der Waals surface area contributed by atoms with E-state index >= 15 is 0 Å². The van der Waals surface area contributed by atoms with E-state index in [9.17, 15) is 0 Å². The predicted molar refractivity (Wildman–Crippen MR) is 108 cm³/mol. The highest BCUT2D eigenvalue weighted by atomic mass is 35.5. The Bertz CT molecular complexity index is 334. The molecule has 0 saturated carbocycles. The summed E-state index contributed by atoms with van der Waals surface area (Å²) in [6.45, 7) is 4.32. The van der Waals surface area contributed by atoms with Crippen LogP contribution in [0.4, 0.5) is 0 Å². The monoisotopic (exact) mass is 336 g/mol. The Hall–Kier alpha value is -0.750. The van der Waals surface area contributed by atoms with Crippen LogP contribution < -0.4 is 0 Å². The van der Waals surface area contributed by atoms with Gasteiger partial charge in [-0.25, -0.2) is 0 Å². The molecular weight excluding hydrogens is 300 g/mol. The highest BCUT2D eigenvalue weighted by Gasteiger charge is 1.93. The van der Waals surface area contributed by atoms with Gasteiger partial charge in [0, 0.05) is 5.38 Å². The Labute approximate surface area is 150 Å². The summed E-state index contributed by atoms with van der Waals surface area (Å²) >= 11 is 5.92. The van der Waals surface area contributed by atoms with Crippen LogP contribution in [0.5, 0.6) is 0 Å². The molecule has 0 nitrogen and oxygen atoms in total. The third-order valence-electron chi connectivity index (χ3n) is 3.68. The molecule has 0 heterocycles. The van der Waals surface area contributed by atoms with Gasteiger partial charge in [0.15, 0.2) is 0 Å². The Morgan fingerprint density at radius 1 is 0.652 bits per heavy atom. The zero-order valence-electron chi connectivity index (χ0n) is 15.4. The maximum Gasteiger partial charge on any atom is 0.0307 e. The molecule has 0 bridgehead atoms. The number of unbranched alkanes of at least 4 members (excludes halogenated alkanes) is 5. The van der Waals surface area contributed by atoms with Crippen molar-refractivity contribution < 1.29 is 0 Å². The van der Waals surface area contributed by atoms with Crippen LogP contribution in [0.2, 0.25) is 0 Å². The Balaban J connectivity index is 3.37. The molecule has 1 heteroatoms. The molecule has 0 radical (unpaired) electrons. The van der Waals surface area contributed by atoms with Crippen molar-refractivity contribution in [3.05, 3.63) is 48.6 Å². The van der Waals surface area contributed by atoms with Crippen LogP contribution in [0.15, 0.2) is 48.6 Å². The van der Waals surface area contributed by atoms with Crippen molar-refractivity contribution in [2.45, 2.75) is 89.9 Å². The van der Waals surface area contributed by atoms with Crippen molar-refractivity contribution in [2.75, 3.05) is 0 Å². The number of halogens is 1. The lowest BCUT2D eigenvalue weighted by Gasteiger charge is -1.99. The predicted octanol–water partition coefficient (Wildman–Crippen LogP) is 8.15. The van der Waals surface area contributed by atoms with Gasteiger partial charge >= 0.3 is 0 Å². The minimum absolute atomic E-state index is 0.325. The first-order valence-corrected chi connectivity index (χ1v) is 9.95. The van der Waals surface area contributed by atoms with Crippen LogP contribution in [0.1, 0.15) is 84.5 Å². The fourth-order valence-electron chi connectivity index (χ4n) is 2.25. The summed E-state index contributed by atoms with van der Waals surface area (Å²) < 4.78 is 0. The average molecular weight is 337 g/mol. The number of rotatable bonds is 15. The molecule has 132 valence electrons. The van der Waals surface area contributed by atoms with E-state index < -0.39 is 0 Å². The van der Waals surface area contributed by atoms with Gasteiger partial charge in [0.05, 0.1) is 0 Å². The lowest BCUT2D eigenvalue weighted by Crippen LogP contribution is -1.89. The Morgan fingerprint density at radius 3 is 1.52 bits per heavy atom. The standard InChI is InChI=1S/C22H37Cl/c1-3-4-5-6-7-8-9-10-11-12-13-14-15-16-17-18-19-20-21-22(2)23/h7-8,10-11,13-14,16-17,22H,3-6,9,12,15,18-21H2,1-2H3/b8-7-,11-10-,14-13-,17-16-. The van der Waals surface area contributed by atoms with E-state index in [-0.39, 0.29) is 0 Å². The number of alkyl halides is 1. The minimum atomic E-state index is 0.325. The Kier molecular flexibility index (Phi) is 18.7. The van der Waals surface area contributed by atoms with E-state index in [1.807, 2.05) is 0 Å². The van der Waals surface area contributed by atoms with Crippen molar-refractivity contribution in [1.82, 2.24) is 0 Å². The topological polar surface area (TPSA) is 0 Å². The third-order valence-corrected chi connectivity index (χ3v) is 3.90. The van der Waals surface area contributed by atoms with Crippen LogP contribution in [-0.2, 0) is 0 Å². The number of hydrogen-bond donors (Lipinski definition) is 0. The minimum Gasteiger partial charge on any atom is -0.123 e. The molecule has 0 saturated heterocycles. The molecule has 0 aromatic rings. The molecule has 0 fully saturated rings. The molecule has 0 aliphatic rings. The van der Waals surface area contributed by atoms with Crippen LogP contribution in [0, 0.1) is 0 Å². The first-order valence-electron chi connectivity index (χ1n) is 9.51. The molecular formula is C22H37Cl. The van der Waals surface area contributed by atoms with Gasteiger partial charge in [-0.05, 0) is 58.3 Å². The lowest BCUT2D eigenvalue weighted by atomic mass is 10.1. The van der Waals surface area contributed by atoms with Gasteiger partial charge in [-0.3, -0.25) is 0 Å². The van der Waals surface area contributed by atoms with Crippen LogP contribution in [0.3, 0.4) is 0 Å².